The van der Waals surface area contributed by atoms with E-state index < -0.39 is 6.10 Å². The summed E-state index contributed by atoms with van der Waals surface area (Å²) in [6.45, 7) is 10.2. The standard InChI is InChI=1S/C20H29ClN2O4/c1-14(2)13-26-20(25)23-9-5-8-22(10-11-23)19(24)16(4)27-17-6-7-18(21)15(3)12-17/h6-7,12,14,16H,5,8-11,13H2,1-4H3. The zero-order chi connectivity index (χ0) is 20.0. The van der Waals surface area contributed by atoms with Crippen LogP contribution < -0.4 is 4.74 Å². The summed E-state index contributed by atoms with van der Waals surface area (Å²) >= 11 is 6.03. The third kappa shape index (κ3) is 6.31. The summed E-state index contributed by atoms with van der Waals surface area (Å²) in [4.78, 5) is 28.3. The van der Waals surface area contributed by atoms with Gasteiger partial charge in [0, 0.05) is 31.2 Å². The van der Waals surface area contributed by atoms with Gasteiger partial charge in [-0.3, -0.25) is 4.79 Å². The van der Waals surface area contributed by atoms with E-state index >= 15 is 0 Å². The first-order valence-electron chi connectivity index (χ1n) is 9.41. The van der Waals surface area contributed by atoms with E-state index in [4.69, 9.17) is 21.1 Å². The summed E-state index contributed by atoms with van der Waals surface area (Å²) in [5.74, 6) is 0.833. The van der Waals surface area contributed by atoms with Crippen molar-refractivity contribution in [2.75, 3.05) is 32.8 Å². The first-order valence-corrected chi connectivity index (χ1v) is 9.79. The first-order chi connectivity index (χ1) is 12.8. The van der Waals surface area contributed by atoms with Crippen LogP contribution in [0.3, 0.4) is 0 Å². The Morgan fingerprint density at radius 3 is 2.44 bits per heavy atom. The molecule has 0 saturated carbocycles. The molecule has 6 nitrogen and oxygen atoms in total. The summed E-state index contributed by atoms with van der Waals surface area (Å²) in [5.41, 5.74) is 0.902. The van der Waals surface area contributed by atoms with Gasteiger partial charge >= 0.3 is 6.09 Å². The van der Waals surface area contributed by atoms with Crippen LogP contribution in [0.2, 0.25) is 5.02 Å². The third-order valence-electron chi connectivity index (χ3n) is 4.40. The van der Waals surface area contributed by atoms with Crippen LogP contribution >= 0.6 is 11.6 Å². The average Bonchev–Trinajstić information content (AvgIpc) is 2.88. The third-order valence-corrected chi connectivity index (χ3v) is 4.82. The van der Waals surface area contributed by atoms with Crippen LogP contribution in [-0.2, 0) is 9.53 Å². The van der Waals surface area contributed by atoms with Crippen LogP contribution in [0.25, 0.3) is 0 Å². The predicted octanol–water partition coefficient (Wildman–Crippen LogP) is 3.74. The number of amides is 2. The topological polar surface area (TPSA) is 59.1 Å². The van der Waals surface area contributed by atoms with Gasteiger partial charge in [0.1, 0.15) is 5.75 Å². The molecule has 1 saturated heterocycles. The number of carbonyl (C=O) groups excluding carboxylic acids is 2. The van der Waals surface area contributed by atoms with Crippen LogP contribution in [-0.4, -0.2) is 60.7 Å². The maximum Gasteiger partial charge on any atom is 0.409 e. The molecule has 1 aliphatic heterocycles. The Morgan fingerprint density at radius 2 is 1.78 bits per heavy atom. The van der Waals surface area contributed by atoms with Crippen molar-refractivity contribution >= 4 is 23.6 Å². The van der Waals surface area contributed by atoms with Crippen molar-refractivity contribution in [3.63, 3.8) is 0 Å². The molecule has 1 aromatic rings. The molecule has 2 amide bonds. The second kappa shape index (κ2) is 9.83. The van der Waals surface area contributed by atoms with Gasteiger partial charge in [-0.15, -0.1) is 0 Å². The molecule has 27 heavy (non-hydrogen) atoms. The quantitative estimate of drug-likeness (QED) is 0.760. The van der Waals surface area contributed by atoms with Gasteiger partial charge in [0.2, 0.25) is 0 Å². The van der Waals surface area contributed by atoms with E-state index in [0.717, 1.165) is 12.0 Å². The fourth-order valence-electron chi connectivity index (χ4n) is 2.85. The minimum atomic E-state index is -0.606. The number of rotatable bonds is 5. The van der Waals surface area contributed by atoms with E-state index in [9.17, 15) is 9.59 Å². The van der Waals surface area contributed by atoms with Crippen LogP contribution in [0.1, 0.15) is 32.8 Å². The number of carbonyl (C=O) groups is 2. The van der Waals surface area contributed by atoms with Crippen molar-refractivity contribution < 1.29 is 19.1 Å². The Hall–Kier alpha value is -1.95. The Kier molecular flexibility index (Phi) is 7.78. The summed E-state index contributed by atoms with van der Waals surface area (Å²) in [6.07, 6.45) is -0.195. The van der Waals surface area contributed by atoms with Gasteiger partial charge in [0.15, 0.2) is 6.10 Å². The molecule has 150 valence electrons. The number of halogens is 1. The van der Waals surface area contributed by atoms with Gasteiger partial charge in [0.25, 0.3) is 5.91 Å². The van der Waals surface area contributed by atoms with E-state index in [-0.39, 0.29) is 12.0 Å². The summed E-state index contributed by atoms with van der Waals surface area (Å²) in [5, 5.41) is 0.665. The maximum atomic E-state index is 12.7. The van der Waals surface area contributed by atoms with E-state index in [0.29, 0.717) is 49.5 Å². The van der Waals surface area contributed by atoms with Gasteiger partial charge in [-0.25, -0.2) is 4.79 Å². The lowest BCUT2D eigenvalue weighted by Crippen LogP contribution is -2.43. The first kappa shape index (κ1) is 21.4. The minimum Gasteiger partial charge on any atom is -0.481 e. The minimum absolute atomic E-state index is 0.0833. The molecule has 0 aromatic heterocycles. The Morgan fingerprint density at radius 1 is 1.11 bits per heavy atom. The highest BCUT2D eigenvalue weighted by atomic mass is 35.5. The highest BCUT2D eigenvalue weighted by molar-refractivity contribution is 6.31. The summed E-state index contributed by atoms with van der Waals surface area (Å²) < 4.78 is 11.1. The molecule has 0 radical (unpaired) electrons. The Balaban J connectivity index is 1.89. The molecule has 1 atom stereocenters. The molecule has 0 spiro atoms. The van der Waals surface area contributed by atoms with Gasteiger partial charge in [-0.1, -0.05) is 25.4 Å². The molecule has 2 rings (SSSR count). The molecule has 1 unspecified atom stereocenters. The molecule has 0 aliphatic carbocycles. The summed E-state index contributed by atoms with van der Waals surface area (Å²) in [6, 6.07) is 5.34. The molecular formula is C20H29ClN2O4. The van der Waals surface area contributed by atoms with Crippen LogP contribution in [0, 0.1) is 12.8 Å². The van der Waals surface area contributed by atoms with Gasteiger partial charge in [-0.2, -0.15) is 0 Å². The van der Waals surface area contributed by atoms with Crippen molar-refractivity contribution in [1.29, 1.82) is 0 Å². The molecule has 1 heterocycles. The number of aryl methyl sites for hydroxylation is 1. The number of benzene rings is 1. The zero-order valence-electron chi connectivity index (χ0n) is 16.5. The van der Waals surface area contributed by atoms with E-state index in [1.54, 1.807) is 28.9 Å². The fourth-order valence-corrected chi connectivity index (χ4v) is 2.97. The number of hydrogen-bond acceptors (Lipinski definition) is 4. The molecule has 0 N–H and O–H groups in total. The van der Waals surface area contributed by atoms with Crippen molar-refractivity contribution in [1.82, 2.24) is 9.80 Å². The predicted molar refractivity (Wildman–Crippen MR) is 105 cm³/mol. The number of hydrogen-bond donors (Lipinski definition) is 0. The largest absolute Gasteiger partial charge is 0.481 e. The zero-order valence-corrected chi connectivity index (χ0v) is 17.3. The molecule has 1 aliphatic rings. The monoisotopic (exact) mass is 396 g/mol. The molecular weight excluding hydrogens is 368 g/mol. The van der Waals surface area contributed by atoms with Crippen LogP contribution in [0.4, 0.5) is 4.79 Å². The molecule has 7 heteroatoms. The second-order valence-electron chi connectivity index (χ2n) is 7.31. The van der Waals surface area contributed by atoms with E-state index in [2.05, 4.69) is 0 Å². The molecule has 1 aromatic carbocycles. The Labute approximate surface area is 166 Å². The lowest BCUT2D eigenvalue weighted by atomic mass is 10.2. The average molecular weight is 397 g/mol. The number of nitrogens with zero attached hydrogens (tertiary/aromatic N) is 2. The highest BCUT2D eigenvalue weighted by Gasteiger charge is 2.26. The van der Waals surface area contributed by atoms with Crippen molar-refractivity contribution in [3.05, 3.63) is 28.8 Å². The van der Waals surface area contributed by atoms with E-state index in [1.807, 2.05) is 26.8 Å². The lowest BCUT2D eigenvalue weighted by molar-refractivity contribution is -0.137. The van der Waals surface area contributed by atoms with Crippen LogP contribution in [0.5, 0.6) is 5.75 Å². The van der Waals surface area contributed by atoms with Gasteiger partial charge in [0.05, 0.1) is 6.61 Å². The Bertz CT molecular complexity index is 665. The maximum absolute atomic E-state index is 12.7. The summed E-state index contributed by atoms with van der Waals surface area (Å²) in [7, 11) is 0. The van der Waals surface area contributed by atoms with Gasteiger partial charge < -0.3 is 19.3 Å². The van der Waals surface area contributed by atoms with Crippen molar-refractivity contribution in [3.8, 4) is 5.75 Å². The van der Waals surface area contributed by atoms with Crippen molar-refractivity contribution in [2.24, 2.45) is 5.92 Å². The molecule has 0 bridgehead atoms. The normalized spacial score (nSPS) is 16.1. The van der Waals surface area contributed by atoms with E-state index in [1.165, 1.54) is 0 Å². The fraction of sp³-hybridized carbons (Fsp3) is 0.600. The number of ether oxygens (including phenoxy) is 2. The highest BCUT2D eigenvalue weighted by Crippen LogP contribution is 2.22. The molecule has 1 fully saturated rings. The van der Waals surface area contributed by atoms with Crippen molar-refractivity contribution in [2.45, 2.75) is 40.2 Å². The second-order valence-corrected chi connectivity index (χ2v) is 7.71. The SMILES string of the molecule is Cc1cc(OC(C)C(=O)N2CCCN(C(=O)OCC(C)C)CC2)ccc1Cl. The van der Waals surface area contributed by atoms with Gasteiger partial charge in [-0.05, 0) is 49.9 Å². The smallest absolute Gasteiger partial charge is 0.409 e. The van der Waals surface area contributed by atoms with Crippen LogP contribution in [0.15, 0.2) is 18.2 Å². The lowest BCUT2D eigenvalue weighted by Gasteiger charge is -2.25.